The fourth-order valence-electron chi connectivity index (χ4n) is 2.22. The quantitative estimate of drug-likeness (QED) is 0.533. The highest BCUT2D eigenvalue weighted by atomic mass is 32.2. The van der Waals surface area contributed by atoms with Gasteiger partial charge in [-0.25, -0.2) is 4.98 Å². The van der Waals surface area contributed by atoms with Gasteiger partial charge in [-0.3, -0.25) is 0 Å². The van der Waals surface area contributed by atoms with Crippen LogP contribution in [-0.4, -0.2) is 15.9 Å². The van der Waals surface area contributed by atoms with E-state index < -0.39 is 0 Å². The number of imidazole rings is 1. The molecule has 110 valence electrons. The average molecular weight is 301 g/mol. The van der Waals surface area contributed by atoms with Crippen molar-refractivity contribution in [2.75, 3.05) is 6.54 Å². The van der Waals surface area contributed by atoms with Crippen LogP contribution in [0.5, 0.6) is 0 Å². The van der Waals surface area contributed by atoms with Crippen molar-refractivity contribution in [3.63, 3.8) is 0 Å². The van der Waals surface area contributed by atoms with Gasteiger partial charge in [-0.15, -0.1) is 0 Å². The monoisotopic (exact) mass is 301 g/mol. The van der Waals surface area contributed by atoms with Crippen molar-refractivity contribution in [2.45, 2.75) is 30.7 Å². The number of aromatic nitrogens is 2. The normalized spacial score (nSPS) is 11.3. The van der Waals surface area contributed by atoms with E-state index in [9.17, 15) is 0 Å². The van der Waals surface area contributed by atoms with Gasteiger partial charge in [0, 0.05) is 12.7 Å². The highest BCUT2D eigenvalue weighted by Gasteiger charge is 2.12. The summed E-state index contributed by atoms with van der Waals surface area (Å²) < 4.78 is 7.56. The molecule has 3 aromatic rings. The Morgan fingerprint density at radius 3 is 3.05 bits per heavy atom. The third kappa shape index (κ3) is 3.31. The van der Waals surface area contributed by atoms with Crippen LogP contribution >= 0.6 is 11.8 Å². The fraction of sp³-hybridized carbons (Fsp3) is 0.312. The Morgan fingerprint density at radius 1 is 1.29 bits per heavy atom. The number of hydrogen-bond donors (Lipinski definition) is 1. The van der Waals surface area contributed by atoms with E-state index >= 15 is 0 Å². The van der Waals surface area contributed by atoms with Crippen LogP contribution in [0.1, 0.15) is 24.8 Å². The van der Waals surface area contributed by atoms with Gasteiger partial charge in [0.2, 0.25) is 0 Å². The molecule has 0 atom stereocenters. The van der Waals surface area contributed by atoms with Gasteiger partial charge in [0.15, 0.2) is 0 Å². The van der Waals surface area contributed by atoms with Crippen LogP contribution in [0.25, 0.3) is 5.65 Å². The van der Waals surface area contributed by atoms with Crippen LogP contribution in [0.4, 0.5) is 0 Å². The first-order chi connectivity index (χ1) is 10.4. The maximum Gasteiger partial charge on any atom is 0.138 e. The number of hydrogen-bond acceptors (Lipinski definition) is 4. The molecular formula is C16H19N3OS. The Balaban J connectivity index is 1.83. The average Bonchev–Trinajstić information content (AvgIpc) is 3.13. The van der Waals surface area contributed by atoms with Gasteiger partial charge in [0.25, 0.3) is 0 Å². The summed E-state index contributed by atoms with van der Waals surface area (Å²) in [7, 11) is 0. The molecule has 0 saturated carbocycles. The Hall–Kier alpha value is -1.72. The number of nitrogens with one attached hydrogen (secondary N) is 1. The molecule has 0 bridgehead atoms. The molecule has 4 nitrogen and oxygen atoms in total. The number of rotatable bonds is 7. The summed E-state index contributed by atoms with van der Waals surface area (Å²) in [6.45, 7) is 4.02. The lowest BCUT2D eigenvalue weighted by Gasteiger charge is -2.05. The first-order valence-corrected chi connectivity index (χ1v) is 8.19. The SMILES string of the molecule is CCCNCc1c(SCc2ccco2)nc2ccccn12. The van der Waals surface area contributed by atoms with Crippen molar-refractivity contribution in [1.29, 1.82) is 0 Å². The molecule has 0 aliphatic carbocycles. The summed E-state index contributed by atoms with van der Waals surface area (Å²) >= 11 is 1.72. The highest BCUT2D eigenvalue weighted by Crippen LogP contribution is 2.26. The molecule has 3 aromatic heterocycles. The van der Waals surface area contributed by atoms with Crippen molar-refractivity contribution in [1.82, 2.24) is 14.7 Å². The maximum absolute atomic E-state index is 5.40. The van der Waals surface area contributed by atoms with E-state index in [1.807, 2.05) is 30.3 Å². The van der Waals surface area contributed by atoms with Crippen LogP contribution < -0.4 is 5.32 Å². The lowest BCUT2D eigenvalue weighted by Crippen LogP contribution is -2.15. The molecule has 0 saturated heterocycles. The predicted octanol–water partition coefficient (Wildman–Crippen LogP) is 3.72. The third-order valence-corrected chi connectivity index (χ3v) is 4.27. The minimum Gasteiger partial charge on any atom is -0.468 e. The van der Waals surface area contributed by atoms with E-state index in [-0.39, 0.29) is 0 Å². The zero-order chi connectivity index (χ0) is 14.5. The van der Waals surface area contributed by atoms with Gasteiger partial charge in [-0.2, -0.15) is 0 Å². The van der Waals surface area contributed by atoms with E-state index in [1.165, 1.54) is 5.69 Å². The van der Waals surface area contributed by atoms with Crippen LogP contribution in [0.15, 0.2) is 52.2 Å². The second-order valence-corrected chi connectivity index (χ2v) is 5.80. The molecule has 5 heteroatoms. The smallest absolute Gasteiger partial charge is 0.138 e. The number of furan rings is 1. The van der Waals surface area contributed by atoms with Crippen LogP contribution in [0, 0.1) is 0 Å². The second kappa shape index (κ2) is 6.83. The lowest BCUT2D eigenvalue weighted by molar-refractivity contribution is 0.530. The molecule has 0 amide bonds. The fourth-order valence-corrected chi connectivity index (χ4v) is 3.16. The molecule has 0 aliphatic rings. The van der Waals surface area contributed by atoms with Crippen LogP contribution in [0.3, 0.4) is 0 Å². The Morgan fingerprint density at radius 2 is 2.24 bits per heavy atom. The summed E-state index contributed by atoms with van der Waals surface area (Å²) in [4.78, 5) is 4.74. The Labute approximate surface area is 128 Å². The standard InChI is InChI=1S/C16H19N3OS/c1-2-8-17-11-14-16(21-12-13-6-5-10-20-13)18-15-7-3-4-9-19(14)15/h3-7,9-10,17H,2,8,11-12H2,1H3. The minimum absolute atomic E-state index is 0.803. The summed E-state index contributed by atoms with van der Waals surface area (Å²) in [5.41, 5.74) is 2.21. The summed E-state index contributed by atoms with van der Waals surface area (Å²) in [6, 6.07) is 10.0. The molecule has 21 heavy (non-hydrogen) atoms. The number of nitrogens with zero attached hydrogens (tertiary/aromatic N) is 2. The van der Waals surface area contributed by atoms with Gasteiger partial charge in [0.05, 0.1) is 17.7 Å². The highest BCUT2D eigenvalue weighted by molar-refractivity contribution is 7.98. The Kier molecular flexibility index (Phi) is 4.62. The minimum atomic E-state index is 0.803. The number of pyridine rings is 1. The first kappa shape index (κ1) is 14.2. The van der Waals surface area contributed by atoms with Gasteiger partial charge in [-0.1, -0.05) is 24.8 Å². The predicted molar refractivity (Wildman–Crippen MR) is 85.5 cm³/mol. The van der Waals surface area contributed by atoms with Crippen molar-refractivity contribution in [3.8, 4) is 0 Å². The van der Waals surface area contributed by atoms with Gasteiger partial charge in [0.1, 0.15) is 16.4 Å². The molecule has 3 rings (SSSR count). The molecule has 0 radical (unpaired) electrons. The molecular weight excluding hydrogens is 282 g/mol. The van der Waals surface area contributed by atoms with E-state index in [0.717, 1.165) is 41.7 Å². The van der Waals surface area contributed by atoms with E-state index in [2.05, 4.69) is 22.8 Å². The molecule has 0 fully saturated rings. The third-order valence-electron chi connectivity index (χ3n) is 3.24. The number of fused-ring (bicyclic) bond motifs is 1. The summed E-state index contributed by atoms with van der Waals surface area (Å²) in [5.74, 6) is 1.78. The largest absolute Gasteiger partial charge is 0.468 e. The van der Waals surface area contributed by atoms with Gasteiger partial charge in [-0.05, 0) is 37.2 Å². The molecule has 0 aliphatic heterocycles. The van der Waals surface area contributed by atoms with Crippen LogP contribution in [-0.2, 0) is 12.3 Å². The summed E-state index contributed by atoms with van der Waals surface area (Å²) in [6.07, 6.45) is 4.91. The number of thioether (sulfide) groups is 1. The topological polar surface area (TPSA) is 42.5 Å². The van der Waals surface area contributed by atoms with E-state index in [0.29, 0.717) is 0 Å². The van der Waals surface area contributed by atoms with E-state index in [1.54, 1.807) is 18.0 Å². The Bertz CT molecular complexity index is 691. The molecule has 3 heterocycles. The van der Waals surface area contributed by atoms with Gasteiger partial charge < -0.3 is 14.1 Å². The van der Waals surface area contributed by atoms with Crippen molar-refractivity contribution in [2.24, 2.45) is 0 Å². The van der Waals surface area contributed by atoms with E-state index in [4.69, 9.17) is 9.40 Å². The second-order valence-electron chi connectivity index (χ2n) is 4.84. The van der Waals surface area contributed by atoms with Crippen molar-refractivity contribution >= 4 is 17.4 Å². The van der Waals surface area contributed by atoms with Crippen LogP contribution in [0.2, 0.25) is 0 Å². The van der Waals surface area contributed by atoms with Gasteiger partial charge >= 0.3 is 0 Å². The molecule has 0 unspecified atom stereocenters. The molecule has 0 spiro atoms. The van der Waals surface area contributed by atoms with Crippen molar-refractivity contribution in [3.05, 3.63) is 54.2 Å². The molecule has 1 N–H and O–H groups in total. The summed E-state index contributed by atoms with van der Waals surface area (Å²) in [5, 5.41) is 4.54. The molecule has 0 aromatic carbocycles. The van der Waals surface area contributed by atoms with Crippen molar-refractivity contribution < 1.29 is 4.42 Å². The first-order valence-electron chi connectivity index (χ1n) is 7.20. The lowest BCUT2D eigenvalue weighted by atomic mass is 10.4. The maximum atomic E-state index is 5.40. The zero-order valence-corrected chi connectivity index (χ0v) is 12.9. The zero-order valence-electron chi connectivity index (χ0n) is 12.1.